The smallest absolute Gasteiger partial charge is 0.304 e. The Hall–Kier alpha value is -1.88. The second-order valence-corrected chi connectivity index (χ2v) is 6.18. The van der Waals surface area contributed by atoms with E-state index >= 15 is 0 Å². The summed E-state index contributed by atoms with van der Waals surface area (Å²) in [6.45, 7) is 0. The molecular weight excluding hydrogens is 258 g/mol. The monoisotopic (exact) mass is 271 g/mol. The molecule has 5 heteroatoms. The lowest BCUT2D eigenvalue weighted by Gasteiger charge is -1.98. The standard InChI is InChI=1S/C14H13N3OS/c1-17-13-10(16-14(17)18)6-9(7-15-13)12-5-4-11(19-12)8-2-3-8/h4-8H,2-3H2,1H3,(H,16,18). The Morgan fingerprint density at radius 1 is 1.42 bits per heavy atom. The fourth-order valence-electron chi connectivity index (χ4n) is 2.34. The predicted molar refractivity (Wildman–Crippen MR) is 76.6 cm³/mol. The first-order valence-electron chi connectivity index (χ1n) is 6.37. The summed E-state index contributed by atoms with van der Waals surface area (Å²) < 4.78 is 1.53. The Kier molecular flexibility index (Phi) is 2.20. The topological polar surface area (TPSA) is 50.7 Å². The molecule has 0 saturated heterocycles. The Labute approximate surface area is 113 Å². The van der Waals surface area contributed by atoms with Gasteiger partial charge in [0.05, 0.1) is 5.52 Å². The highest BCUT2D eigenvalue weighted by atomic mass is 32.1. The van der Waals surface area contributed by atoms with Gasteiger partial charge in [-0.15, -0.1) is 11.3 Å². The molecule has 3 heterocycles. The van der Waals surface area contributed by atoms with Gasteiger partial charge < -0.3 is 4.98 Å². The zero-order valence-corrected chi connectivity index (χ0v) is 11.3. The molecule has 0 atom stereocenters. The summed E-state index contributed by atoms with van der Waals surface area (Å²) in [6.07, 6.45) is 4.49. The van der Waals surface area contributed by atoms with Crippen molar-refractivity contribution < 1.29 is 0 Å². The van der Waals surface area contributed by atoms with Crippen molar-refractivity contribution in [3.05, 3.63) is 39.8 Å². The molecule has 4 rings (SSSR count). The van der Waals surface area contributed by atoms with E-state index in [-0.39, 0.29) is 5.69 Å². The third kappa shape index (κ3) is 1.73. The zero-order valence-electron chi connectivity index (χ0n) is 10.5. The number of aromatic amines is 1. The van der Waals surface area contributed by atoms with Gasteiger partial charge in [0.1, 0.15) is 0 Å². The molecular formula is C14H13N3OS. The second kappa shape index (κ2) is 3.81. The maximum absolute atomic E-state index is 11.6. The summed E-state index contributed by atoms with van der Waals surface area (Å²) in [6, 6.07) is 6.38. The predicted octanol–water partition coefficient (Wildman–Crippen LogP) is 2.87. The lowest BCUT2D eigenvalue weighted by molar-refractivity contribution is 0.879. The van der Waals surface area contributed by atoms with Crippen LogP contribution in [0.25, 0.3) is 21.6 Å². The van der Waals surface area contributed by atoms with Gasteiger partial charge in [-0.1, -0.05) is 0 Å². The number of H-pyrrole nitrogens is 1. The van der Waals surface area contributed by atoms with Crippen LogP contribution in [-0.4, -0.2) is 14.5 Å². The van der Waals surface area contributed by atoms with Crippen LogP contribution in [0.3, 0.4) is 0 Å². The van der Waals surface area contributed by atoms with Crippen molar-refractivity contribution in [1.82, 2.24) is 14.5 Å². The molecule has 0 amide bonds. The van der Waals surface area contributed by atoms with Crippen LogP contribution in [0.4, 0.5) is 0 Å². The van der Waals surface area contributed by atoms with Crippen molar-refractivity contribution in [3.8, 4) is 10.4 Å². The lowest BCUT2D eigenvalue weighted by Crippen LogP contribution is -2.12. The number of aryl methyl sites for hydroxylation is 1. The molecule has 96 valence electrons. The summed E-state index contributed by atoms with van der Waals surface area (Å²) in [5.41, 5.74) is 2.45. The van der Waals surface area contributed by atoms with E-state index in [1.54, 1.807) is 7.05 Å². The van der Waals surface area contributed by atoms with E-state index < -0.39 is 0 Å². The molecule has 3 aromatic heterocycles. The molecule has 0 spiro atoms. The summed E-state index contributed by atoms with van der Waals surface area (Å²) >= 11 is 1.84. The summed E-state index contributed by atoms with van der Waals surface area (Å²) in [5, 5.41) is 0. The first kappa shape index (κ1) is 11.0. The number of nitrogens with one attached hydrogen (secondary N) is 1. The van der Waals surface area contributed by atoms with Crippen molar-refractivity contribution in [2.24, 2.45) is 7.05 Å². The molecule has 1 aliphatic rings. The van der Waals surface area contributed by atoms with Crippen molar-refractivity contribution in [2.75, 3.05) is 0 Å². The van der Waals surface area contributed by atoms with Crippen molar-refractivity contribution in [1.29, 1.82) is 0 Å². The van der Waals surface area contributed by atoms with E-state index in [0.717, 1.165) is 17.0 Å². The first-order valence-corrected chi connectivity index (χ1v) is 7.19. The number of hydrogen-bond donors (Lipinski definition) is 1. The average molecular weight is 271 g/mol. The molecule has 1 aliphatic carbocycles. The second-order valence-electron chi connectivity index (χ2n) is 5.06. The van der Waals surface area contributed by atoms with Crippen LogP contribution in [0.2, 0.25) is 0 Å². The van der Waals surface area contributed by atoms with Crippen LogP contribution in [-0.2, 0) is 7.05 Å². The van der Waals surface area contributed by atoms with Gasteiger partial charge >= 0.3 is 5.69 Å². The number of thiophene rings is 1. The van der Waals surface area contributed by atoms with Crippen LogP contribution < -0.4 is 5.69 Å². The molecule has 1 saturated carbocycles. The van der Waals surface area contributed by atoms with Crippen LogP contribution >= 0.6 is 11.3 Å². The summed E-state index contributed by atoms with van der Waals surface area (Å²) in [7, 11) is 1.73. The van der Waals surface area contributed by atoms with Gasteiger partial charge in [0, 0.05) is 28.6 Å². The molecule has 0 bridgehead atoms. The molecule has 0 unspecified atom stereocenters. The van der Waals surface area contributed by atoms with Crippen LogP contribution in [0.5, 0.6) is 0 Å². The SMILES string of the molecule is Cn1c(=O)[nH]c2cc(-c3ccc(C4CC4)s3)cnc21. The Balaban J connectivity index is 1.83. The van der Waals surface area contributed by atoms with E-state index in [1.165, 1.54) is 27.2 Å². The lowest BCUT2D eigenvalue weighted by atomic mass is 10.2. The third-order valence-corrected chi connectivity index (χ3v) is 4.92. The van der Waals surface area contributed by atoms with Crippen molar-refractivity contribution in [3.63, 3.8) is 0 Å². The van der Waals surface area contributed by atoms with Crippen LogP contribution in [0.15, 0.2) is 29.2 Å². The molecule has 1 fully saturated rings. The van der Waals surface area contributed by atoms with Gasteiger partial charge in [0.15, 0.2) is 5.65 Å². The van der Waals surface area contributed by atoms with Crippen molar-refractivity contribution in [2.45, 2.75) is 18.8 Å². The van der Waals surface area contributed by atoms with Gasteiger partial charge in [0.25, 0.3) is 0 Å². The highest BCUT2D eigenvalue weighted by molar-refractivity contribution is 7.15. The van der Waals surface area contributed by atoms with E-state index in [9.17, 15) is 4.79 Å². The molecule has 1 N–H and O–H groups in total. The number of hydrogen-bond acceptors (Lipinski definition) is 3. The highest BCUT2D eigenvalue weighted by Crippen LogP contribution is 2.45. The van der Waals surface area contributed by atoms with Crippen molar-refractivity contribution >= 4 is 22.5 Å². The van der Waals surface area contributed by atoms with Crippen LogP contribution in [0, 0.1) is 0 Å². The highest BCUT2D eigenvalue weighted by Gasteiger charge is 2.25. The molecule has 3 aromatic rings. The Morgan fingerprint density at radius 2 is 2.26 bits per heavy atom. The van der Waals surface area contributed by atoms with E-state index in [0.29, 0.717) is 5.65 Å². The van der Waals surface area contributed by atoms with Gasteiger partial charge in [-0.2, -0.15) is 0 Å². The zero-order chi connectivity index (χ0) is 13.0. The van der Waals surface area contributed by atoms with E-state index in [2.05, 4.69) is 22.1 Å². The molecule has 0 radical (unpaired) electrons. The van der Waals surface area contributed by atoms with Crippen LogP contribution in [0.1, 0.15) is 23.6 Å². The fraction of sp³-hybridized carbons (Fsp3) is 0.286. The molecule has 0 aliphatic heterocycles. The normalized spacial score (nSPS) is 15.2. The largest absolute Gasteiger partial charge is 0.327 e. The van der Waals surface area contributed by atoms with Gasteiger partial charge in [-0.3, -0.25) is 4.57 Å². The fourth-order valence-corrected chi connectivity index (χ4v) is 3.50. The maximum atomic E-state index is 11.6. The third-order valence-electron chi connectivity index (χ3n) is 3.62. The minimum Gasteiger partial charge on any atom is -0.304 e. The van der Waals surface area contributed by atoms with Gasteiger partial charge in [-0.05, 0) is 37.0 Å². The Morgan fingerprint density at radius 3 is 3.05 bits per heavy atom. The molecule has 4 nitrogen and oxygen atoms in total. The minimum atomic E-state index is -0.121. The first-order chi connectivity index (χ1) is 9.22. The quantitative estimate of drug-likeness (QED) is 0.779. The molecule has 0 aromatic carbocycles. The number of nitrogens with zero attached hydrogens (tertiary/aromatic N) is 2. The minimum absolute atomic E-state index is 0.121. The van der Waals surface area contributed by atoms with E-state index in [4.69, 9.17) is 0 Å². The molecule has 19 heavy (non-hydrogen) atoms. The van der Waals surface area contributed by atoms with Gasteiger partial charge in [0.2, 0.25) is 0 Å². The number of fused-ring (bicyclic) bond motifs is 1. The average Bonchev–Trinajstić information content (AvgIpc) is 3.08. The summed E-state index contributed by atoms with van der Waals surface area (Å²) in [5.74, 6) is 0.784. The maximum Gasteiger partial charge on any atom is 0.327 e. The van der Waals surface area contributed by atoms with Gasteiger partial charge in [-0.25, -0.2) is 9.78 Å². The number of pyridine rings is 1. The number of imidazole rings is 1. The summed E-state index contributed by atoms with van der Waals surface area (Å²) in [4.78, 5) is 21.5. The number of aromatic nitrogens is 3. The Bertz CT molecular complexity index is 823. The van der Waals surface area contributed by atoms with E-state index in [1.807, 2.05) is 23.6 Å². The number of rotatable bonds is 2.